The van der Waals surface area contributed by atoms with Crippen molar-refractivity contribution in [1.82, 2.24) is 0 Å². The number of benzene rings is 2. The summed E-state index contributed by atoms with van der Waals surface area (Å²) in [6.07, 6.45) is 1.01. The van der Waals surface area contributed by atoms with Gasteiger partial charge in [-0.25, -0.2) is 0 Å². The van der Waals surface area contributed by atoms with E-state index < -0.39 is 0 Å². The SMILES string of the molecule is Cc1cc(N)c(NCCc2ccccc2C)cc1C. The lowest BCUT2D eigenvalue weighted by Gasteiger charge is -2.12. The quantitative estimate of drug-likeness (QED) is 0.813. The minimum Gasteiger partial charge on any atom is -0.397 e. The van der Waals surface area contributed by atoms with Gasteiger partial charge in [0.15, 0.2) is 0 Å². The monoisotopic (exact) mass is 254 g/mol. The fraction of sp³-hybridized carbons (Fsp3) is 0.294. The minimum atomic E-state index is 0.827. The third-order valence-corrected chi connectivity index (χ3v) is 3.64. The maximum absolute atomic E-state index is 6.04. The molecule has 2 nitrogen and oxygen atoms in total. The van der Waals surface area contributed by atoms with Crippen LogP contribution in [0.3, 0.4) is 0 Å². The maximum Gasteiger partial charge on any atom is 0.0576 e. The Morgan fingerprint density at radius 1 is 0.947 bits per heavy atom. The van der Waals surface area contributed by atoms with Crippen LogP contribution in [0.2, 0.25) is 0 Å². The molecule has 0 amide bonds. The van der Waals surface area contributed by atoms with Gasteiger partial charge in [-0.15, -0.1) is 0 Å². The molecular formula is C17H22N2. The summed E-state index contributed by atoms with van der Waals surface area (Å²) >= 11 is 0. The average Bonchev–Trinajstić information content (AvgIpc) is 2.38. The first-order chi connectivity index (χ1) is 9.08. The van der Waals surface area contributed by atoms with Crippen molar-refractivity contribution in [3.05, 3.63) is 58.7 Å². The normalized spacial score (nSPS) is 10.5. The first kappa shape index (κ1) is 13.5. The Morgan fingerprint density at radius 2 is 1.63 bits per heavy atom. The zero-order valence-corrected chi connectivity index (χ0v) is 12.0. The Kier molecular flexibility index (Phi) is 4.10. The van der Waals surface area contributed by atoms with E-state index in [2.05, 4.69) is 56.4 Å². The van der Waals surface area contributed by atoms with E-state index in [4.69, 9.17) is 5.73 Å². The lowest BCUT2D eigenvalue weighted by Crippen LogP contribution is -2.08. The summed E-state index contributed by atoms with van der Waals surface area (Å²) in [4.78, 5) is 0. The second-order valence-electron chi connectivity index (χ2n) is 5.13. The van der Waals surface area contributed by atoms with Gasteiger partial charge in [-0.3, -0.25) is 0 Å². The molecule has 0 radical (unpaired) electrons. The zero-order chi connectivity index (χ0) is 13.8. The summed E-state index contributed by atoms with van der Waals surface area (Å²) in [5.74, 6) is 0. The Balaban J connectivity index is 2.00. The summed E-state index contributed by atoms with van der Waals surface area (Å²) in [5, 5.41) is 3.43. The van der Waals surface area contributed by atoms with Crippen LogP contribution >= 0.6 is 0 Å². The third kappa shape index (κ3) is 3.28. The van der Waals surface area contributed by atoms with Gasteiger partial charge in [0.2, 0.25) is 0 Å². The summed E-state index contributed by atoms with van der Waals surface area (Å²) < 4.78 is 0. The molecule has 2 heteroatoms. The summed E-state index contributed by atoms with van der Waals surface area (Å²) in [6.45, 7) is 7.25. The molecule has 19 heavy (non-hydrogen) atoms. The summed E-state index contributed by atoms with van der Waals surface area (Å²) in [6, 6.07) is 12.7. The Hall–Kier alpha value is -1.96. The van der Waals surface area contributed by atoms with Crippen LogP contribution in [-0.2, 0) is 6.42 Å². The minimum absolute atomic E-state index is 0.827. The Bertz CT molecular complexity index is 573. The molecule has 2 rings (SSSR count). The van der Waals surface area contributed by atoms with Crippen molar-refractivity contribution in [3.63, 3.8) is 0 Å². The van der Waals surface area contributed by atoms with Crippen molar-refractivity contribution in [2.75, 3.05) is 17.6 Å². The van der Waals surface area contributed by atoms with Gasteiger partial charge in [0.25, 0.3) is 0 Å². The molecule has 0 unspecified atom stereocenters. The highest BCUT2D eigenvalue weighted by molar-refractivity contribution is 5.68. The topological polar surface area (TPSA) is 38.0 Å². The van der Waals surface area contributed by atoms with E-state index >= 15 is 0 Å². The number of anilines is 2. The van der Waals surface area contributed by atoms with Crippen LogP contribution in [-0.4, -0.2) is 6.54 Å². The molecule has 100 valence electrons. The maximum atomic E-state index is 6.04. The molecule has 2 aromatic rings. The zero-order valence-electron chi connectivity index (χ0n) is 12.0. The van der Waals surface area contributed by atoms with Gasteiger partial charge in [0.05, 0.1) is 11.4 Å². The predicted molar refractivity (Wildman–Crippen MR) is 83.7 cm³/mol. The number of aryl methyl sites for hydroxylation is 3. The van der Waals surface area contributed by atoms with Crippen LogP contribution in [0.5, 0.6) is 0 Å². The van der Waals surface area contributed by atoms with E-state index in [1.54, 1.807) is 0 Å². The molecule has 0 fully saturated rings. The molecule has 0 aliphatic heterocycles. The molecule has 2 aromatic carbocycles. The van der Waals surface area contributed by atoms with Crippen LogP contribution in [0.1, 0.15) is 22.3 Å². The third-order valence-electron chi connectivity index (χ3n) is 3.64. The molecule has 0 bridgehead atoms. The average molecular weight is 254 g/mol. The molecular weight excluding hydrogens is 232 g/mol. The highest BCUT2D eigenvalue weighted by Crippen LogP contribution is 2.23. The van der Waals surface area contributed by atoms with Crippen molar-refractivity contribution in [3.8, 4) is 0 Å². The van der Waals surface area contributed by atoms with Gasteiger partial charge in [0, 0.05) is 6.54 Å². The van der Waals surface area contributed by atoms with E-state index in [0.29, 0.717) is 0 Å². The van der Waals surface area contributed by atoms with Gasteiger partial charge < -0.3 is 11.1 Å². The molecule has 0 saturated heterocycles. The van der Waals surface area contributed by atoms with Crippen molar-refractivity contribution in [2.45, 2.75) is 27.2 Å². The molecule has 0 saturated carbocycles. The highest BCUT2D eigenvalue weighted by atomic mass is 14.9. The van der Waals surface area contributed by atoms with E-state index in [1.165, 1.54) is 22.3 Å². The van der Waals surface area contributed by atoms with Gasteiger partial charge in [-0.2, -0.15) is 0 Å². The lowest BCUT2D eigenvalue weighted by molar-refractivity contribution is 1.00. The van der Waals surface area contributed by atoms with Crippen molar-refractivity contribution >= 4 is 11.4 Å². The molecule has 0 aliphatic rings. The second kappa shape index (κ2) is 5.79. The largest absolute Gasteiger partial charge is 0.397 e. The van der Waals surface area contributed by atoms with Crippen molar-refractivity contribution in [1.29, 1.82) is 0 Å². The fourth-order valence-corrected chi connectivity index (χ4v) is 2.21. The van der Waals surface area contributed by atoms with Crippen molar-refractivity contribution in [2.24, 2.45) is 0 Å². The molecule has 0 spiro atoms. The number of nitrogen functional groups attached to an aromatic ring is 1. The first-order valence-corrected chi connectivity index (χ1v) is 6.73. The molecule has 0 aliphatic carbocycles. The number of rotatable bonds is 4. The number of nitrogens with two attached hydrogens (primary N) is 1. The highest BCUT2D eigenvalue weighted by Gasteiger charge is 2.02. The van der Waals surface area contributed by atoms with Crippen LogP contribution in [0.4, 0.5) is 11.4 Å². The van der Waals surface area contributed by atoms with E-state index in [9.17, 15) is 0 Å². The van der Waals surface area contributed by atoms with Crippen LogP contribution < -0.4 is 11.1 Å². The predicted octanol–water partition coefficient (Wildman–Crippen LogP) is 3.85. The van der Waals surface area contributed by atoms with Gasteiger partial charge >= 0.3 is 0 Å². The lowest BCUT2D eigenvalue weighted by atomic mass is 10.1. The molecule has 0 aromatic heterocycles. The molecule has 3 N–H and O–H groups in total. The van der Waals surface area contributed by atoms with E-state index in [0.717, 1.165) is 24.3 Å². The molecule has 0 atom stereocenters. The number of hydrogen-bond acceptors (Lipinski definition) is 2. The van der Waals surface area contributed by atoms with Gasteiger partial charge in [-0.05, 0) is 61.6 Å². The van der Waals surface area contributed by atoms with Crippen LogP contribution in [0, 0.1) is 20.8 Å². The standard InChI is InChI=1S/C17H22N2/c1-12-6-4-5-7-15(12)8-9-19-17-11-14(3)13(2)10-16(17)18/h4-7,10-11,19H,8-9,18H2,1-3H3. The molecule has 0 heterocycles. The summed E-state index contributed by atoms with van der Waals surface area (Å²) in [7, 11) is 0. The van der Waals surface area contributed by atoms with E-state index in [-0.39, 0.29) is 0 Å². The van der Waals surface area contributed by atoms with Gasteiger partial charge in [0.1, 0.15) is 0 Å². The van der Waals surface area contributed by atoms with E-state index in [1.807, 2.05) is 6.07 Å². The first-order valence-electron chi connectivity index (χ1n) is 6.73. The fourth-order valence-electron chi connectivity index (χ4n) is 2.21. The smallest absolute Gasteiger partial charge is 0.0576 e. The van der Waals surface area contributed by atoms with Crippen molar-refractivity contribution < 1.29 is 0 Å². The van der Waals surface area contributed by atoms with Crippen LogP contribution in [0.15, 0.2) is 36.4 Å². The number of hydrogen-bond donors (Lipinski definition) is 2. The summed E-state index contributed by atoms with van der Waals surface area (Å²) in [5.41, 5.74) is 13.1. The van der Waals surface area contributed by atoms with Crippen LogP contribution in [0.25, 0.3) is 0 Å². The number of nitrogens with one attached hydrogen (secondary N) is 1. The Morgan fingerprint density at radius 3 is 2.37 bits per heavy atom. The van der Waals surface area contributed by atoms with Gasteiger partial charge in [-0.1, -0.05) is 24.3 Å². The Labute approximate surface area is 115 Å². The second-order valence-corrected chi connectivity index (χ2v) is 5.13.